The second-order valence-electron chi connectivity index (χ2n) is 3.86. The number of hydrogen-bond acceptors (Lipinski definition) is 3. The topological polar surface area (TPSA) is 54.0 Å². The summed E-state index contributed by atoms with van der Waals surface area (Å²) >= 11 is 0. The maximum atomic E-state index is 13.0. The molecule has 0 aliphatic carbocycles. The third kappa shape index (κ3) is 2.71. The maximum Gasteiger partial charge on any atom is 0.259 e. The fourth-order valence-corrected chi connectivity index (χ4v) is 1.61. The lowest BCUT2D eigenvalue weighted by atomic mass is 10.2. The van der Waals surface area contributed by atoms with Gasteiger partial charge >= 0.3 is 0 Å². The van der Waals surface area contributed by atoms with Crippen molar-refractivity contribution in [2.45, 2.75) is 0 Å². The highest BCUT2D eigenvalue weighted by Gasteiger charge is 2.15. The number of aromatic nitrogens is 1. The zero-order chi connectivity index (χ0) is 14.7. The van der Waals surface area contributed by atoms with Crippen LogP contribution in [-0.4, -0.2) is 17.9 Å². The van der Waals surface area contributed by atoms with Crippen molar-refractivity contribution >= 4 is 17.4 Å². The van der Waals surface area contributed by atoms with Gasteiger partial charge in [0.2, 0.25) is 0 Å². The van der Waals surface area contributed by atoms with Crippen molar-refractivity contribution in [3.63, 3.8) is 0 Å². The van der Waals surface area contributed by atoms with E-state index in [-0.39, 0.29) is 11.3 Å². The van der Waals surface area contributed by atoms with Crippen molar-refractivity contribution in [2.24, 2.45) is 0 Å². The molecule has 2 aromatic rings. The first-order valence-corrected chi connectivity index (χ1v) is 5.61. The van der Waals surface area contributed by atoms with Gasteiger partial charge < -0.3 is 10.6 Å². The van der Waals surface area contributed by atoms with Gasteiger partial charge in [-0.25, -0.2) is 18.2 Å². The number of hydrogen-bond donors (Lipinski definition) is 2. The van der Waals surface area contributed by atoms with Gasteiger partial charge in [-0.05, 0) is 12.1 Å². The summed E-state index contributed by atoms with van der Waals surface area (Å²) in [5.41, 5.74) is 0.0115. The Balaban J connectivity index is 2.28. The standard InChI is InChI=1S/C13H10F3N3O/c1-17-12-8(3-2-4-18-12)13(20)19-7-5-9(14)11(16)10(15)6-7/h2-6H,1H3,(H,17,18)(H,19,20). The summed E-state index contributed by atoms with van der Waals surface area (Å²) in [5.74, 6) is -4.64. The Hall–Kier alpha value is -2.57. The number of rotatable bonds is 3. The van der Waals surface area contributed by atoms with E-state index in [9.17, 15) is 18.0 Å². The first-order chi connectivity index (χ1) is 9.52. The molecule has 0 saturated carbocycles. The molecule has 7 heteroatoms. The van der Waals surface area contributed by atoms with Crippen molar-refractivity contribution < 1.29 is 18.0 Å². The van der Waals surface area contributed by atoms with Crippen molar-refractivity contribution in [1.82, 2.24) is 4.98 Å². The summed E-state index contributed by atoms with van der Waals surface area (Å²) in [5, 5.41) is 4.99. The summed E-state index contributed by atoms with van der Waals surface area (Å²) in [6.07, 6.45) is 1.49. The normalized spacial score (nSPS) is 10.2. The monoisotopic (exact) mass is 281 g/mol. The highest BCUT2D eigenvalue weighted by atomic mass is 19.2. The molecule has 20 heavy (non-hydrogen) atoms. The van der Waals surface area contributed by atoms with Gasteiger partial charge in [-0.1, -0.05) is 0 Å². The number of pyridine rings is 1. The molecule has 0 aliphatic heterocycles. The molecule has 104 valence electrons. The van der Waals surface area contributed by atoms with E-state index in [1.807, 2.05) is 0 Å². The Morgan fingerprint density at radius 2 is 1.85 bits per heavy atom. The van der Waals surface area contributed by atoms with Crippen LogP contribution in [0.1, 0.15) is 10.4 Å². The molecular formula is C13H10F3N3O. The number of carbonyl (C=O) groups is 1. The van der Waals surface area contributed by atoms with Gasteiger partial charge in [0.1, 0.15) is 5.82 Å². The molecule has 1 heterocycles. The fourth-order valence-electron chi connectivity index (χ4n) is 1.61. The number of carbonyl (C=O) groups excluding carboxylic acids is 1. The van der Waals surface area contributed by atoms with Crippen molar-refractivity contribution in [2.75, 3.05) is 17.7 Å². The number of anilines is 2. The minimum atomic E-state index is -1.58. The lowest BCUT2D eigenvalue weighted by Crippen LogP contribution is -2.15. The lowest BCUT2D eigenvalue weighted by molar-refractivity contribution is 0.102. The third-order valence-electron chi connectivity index (χ3n) is 2.53. The van der Waals surface area contributed by atoms with Gasteiger partial charge in [0.05, 0.1) is 5.56 Å². The van der Waals surface area contributed by atoms with Gasteiger partial charge in [-0.15, -0.1) is 0 Å². The Morgan fingerprint density at radius 1 is 1.20 bits per heavy atom. The van der Waals surface area contributed by atoms with Gasteiger partial charge in [-0.2, -0.15) is 0 Å². The molecule has 0 atom stereocenters. The lowest BCUT2D eigenvalue weighted by Gasteiger charge is -2.09. The first kappa shape index (κ1) is 13.9. The number of amides is 1. The van der Waals surface area contributed by atoms with Gasteiger partial charge in [0, 0.05) is 31.1 Å². The Morgan fingerprint density at radius 3 is 2.45 bits per heavy atom. The smallest absolute Gasteiger partial charge is 0.259 e. The zero-order valence-corrected chi connectivity index (χ0v) is 10.4. The SMILES string of the molecule is CNc1ncccc1C(=O)Nc1cc(F)c(F)c(F)c1. The molecule has 0 spiro atoms. The summed E-state index contributed by atoms with van der Waals surface area (Å²) in [6, 6.07) is 4.43. The van der Waals surface area contributed by atoms with E-state index in [0.29, 0.717) is 18.0 Å². The molecule has 0 fully saturated rings. The van der Waals surface area contributed by atoms with E-state index < -0.39 is 23.4 Å². The van der Waals surface area contributed by atoms with Gasteiger partial charge in [0.25, 0.3) is 5.91 Å². The number of nitrogens with zero attached hydrogens (tertiary/aromatic N) is 1. The molecule has 1 aromatic carbocycles. The highest BCUT2D eigenvalue weighted by Crippen LogP contribution is 2.19. The number of nitrogens with one attached hydrogen (secondary N) is 2. The molecule has 0 saturated heterocycles. The van der Waals surface area contributed by atoms with Crippen LogP contribution in [0.3, 0.4) is 0 Å². The second-order valence-corrected chi connectivity index (χ2v) is 3.86. The average molecular weight is 281 g/mol. The predicted octanol–water partition coefficient (Wildman–Crippen LogP) is 2.79. The zero-order valence-electron chi connectivity index (χ0n) is 10.4. The van der Waals surface area contributed by atoms with Crippen molar-refractivity contribution in [3.8, 4) is 0 Å². The predicted molar refractivity (Wildman–Crippen MR) is 68.1 cm³/mol. The number of benzene rings is 1. The van der Waals surface area contributed by atoms with Crippen LogP contribution in [0, 0.1) is 17.5 Å². The van der Waals surface area contributed by atoms with E-state index in [1.165, 1.54) is 12.3 Å². The largest absolute Gasteiger partial charge is 0.372 e. The molecule has 4 nitrogen and oxygen atoms in total. The maximum absolute atomic E-state index is 13.0. The molecule has 1 aromatic heterocycles. The Kier molecular flexibility index (Phi) is 3.88. The third-order valence-corrected chi connectivity index (χ3v) is 2.53. The molecule has 0 radical (unpaired) electrons. The fraction of sp³-hybridized carbons (Fsp3) is 0.0769. The van der Waals surface area contributed by atoms with Gasteiger partial charge in [0.15, 0.2) is 17.5 Å². The highest BCUT2D eigenvalue weighted by molar-refractivity contribution is 6.07. The van der Waals surface area contributed by atoms with E-state index >= 15 is 0 Å². The minimum absolute atomic E-state index is 0.183. The van der Waals surface area contributed by atoms with Gasteiger partial charge in [-0.3, -0.25) is 4.79 Å². The van der Waals surface area contributed by atoms with E-state index in [0.717, 1.165) is 0 Å². The van der Waals surface area contributed by atoms with E-state index in [2.05, 4.69) is 15.6 Å². The van der Waals surface area contributed by atoms with Crippen LogP contribution in [0.25, 0.3) is 0 Å². The first-order valence-electron chi connectivity index (χ1n) is 5.61. The Bertz CT molecular complexity index is 638. The molecule has 2 rings (SSSR count). The van der Waals surface area contributed by atoms with E-state index in [4.69, 9.17) is 0 Å². The Labute approximate surface area is 112 Å². The summed E-state index contributed by atoms with van der Waals surface area (Å²) < 4.78 is 38.9. The molecule has 1 amide bonds. The second kappa shape index (κ2) is 5.60. The minimum Gasteiger partial charge on any atom is -0.372 e. The van der Waals surface area contributed by atoms with Crippen LogP contribution >= 0.6 is 0 Å². The van der Waals surface area contributed by atoms with Crippen LogP contribution in [0.15, 0.2) is 30.5 Å². The molecule has 0 unspecified atom stereocenters. The summed E-state index contributed by atoms with van der Waals surface area (Å²) in [4.78, 5) is 15.9. The molecular weight excluding hydrogens is 271 g/mol. The summed E-state index contributed by atoms with van der Waals surface area (Å²) in [7, 11) is 1.58. The van der Waals surface area contributed by atoms with Crippen LogP contribution in [0.4, 0.5) is 24.7 Å². The van der Waals surface area contributed by atoms with E-state index in [1.54, 1.807) is 13.1 Å². The molecule has 0 bridgehead atoms. The quantitative estimate of drug-likeness (QED) is 0.851. The van der Waals surface area contributed by atoms with Crippen molar-refractivity contribution in [3.05, 3.63) is 53.5 Å². The van der Waals surface area contributed by atoms with Crippen LogP contribution < -0.4 is 10.6 Å². The average Bonchev–Trinajstić information content (AvgIpc) is 2.44. The molecule has 2 N–H and O–H groups in total. The van der Waals surface area contributed by atoms with Crippen molar-refractivity contribution in [1.29, 1.82) is 0 Å². The van der Waals surface area contributed by atoms with Crippen LogP contribution in [0.5, 0.6) is 0 Å². The molecule has 0 aliphatic rings. The number of halogens is 3. The van der Waals surface area contributed by atoms with Crippen LogP contribution in [0.2, 0.25) is 0 Å². The van der Waals surface area contributed by atoms with Crippen LogP contribution in [-0.2, 0) is 0 Å². The summed E-state index contributed by atoms with van der Waals surface area (Å²) in [6.45, 7) is 0.